The van der Waals surface area contributed by atoms with Crippen molar-refractivity contribution in [2.45, 2.75) is 6.54 Å². The summed E-state index contributed by atoms with van der Waals surface area (Å²) in [6.45, 7) is 5.72. The number of amides is 1. The number of ether oxygens (including phenoxy) is 1. The summed E-state index contributed by atoms with van der Waals surface area (Å²) in [5, 5.41) is 3.61. The van der Waals surface area contributed by atoms with Crippen molar-refractivity contribution in [2.24, 2.45) is 0 Å². The molecule has 0 saturated carbocycles. The maximum absolute atomic E-state index is 12.2. The van der Waals surface area contributed by atoms with Crippen LogP contribution < -0.4 is 19.9 Å². The van der Waals surface area contributed by atoms with Crippen LogP contribution in [0.25, 0.3) is 0 Å². The van der Waals surface area contributed by atoms with Gasteiger partial charge in [-0.15, -0.1) is 0 Å². The summed E-state index contributed by atoms with van der Waals surface area (Å²) in [4.78, 5) is 15.1. The van der Waals surface area contributed by atoms with Crippen molar-refractivity contribution in [3.63, 3.8) is 0 Å². The minimum atomic E-state index is 0.0564. The Hall–Kier alpha value is -2.08. The van der Waals surface area contributed by atoms with E-state index in [9.17, 15) is 4.79 Å². The first kappa shape index (κ1) is 18.7. The van der Waals surface area contributed by atoms with Gasteiger partial charge in [-0.05, 0) is 48.5 Å². The zero-order valence-electron chi connectivity index (χ0n) is 15.1. The van der Waals surface area contributed by atoms with E-state index in [0.717, 1.165) is 44.2 Å². The number of carbonyl (C=O) groups is 1. The third-order valence-electron chi connectivity index (χ3n) is 4.82. The van der Waals surface area contributed by atoms with Crippen LogP contribution in [0.1, 0.15) is 5.56 Å². The summed E-state index contributed by atoms with van der Waals surface area (Å²) >= 11 is 5.87. The molecule has 26 heavy (non-hydrogen) atoms. The number of halogens is 1. The van der Waals surface area contributed by atoms with Gasteiger partial charge in [-0.3, -0.25) is 4.79 Å². The van der Waals surface area contributed by atoms with E-state index in [1.165, 1.54) is 10.5 Å². The molecule has 3 N–H and O–H groups in total. The fraction of sp³-hybridized carbons (Fsp3) is 0.350. The molecule has 3 rings (SSSR count). The van der Waals surface area contributed by atoms with Crippen LogP contribution in [0.15, 0.2) is 48.5 Å². The first-order chi connectivity index (χ1) is 12.6. The molecule has 1 fully saturated rings. The first-order valence-electron chi connectivity index (χ1n) is 8.98. The highest BCUT2D eigenvalue weighted by atomic mass is 35.5. The van der Waals surface area contributed by atoms with Gasteiger partial charge in [0.2, 0.25) is 0 Å². The second-order valence-electron chi connectivity index (χ2n) is 6.76. The number of nitrogens with one attached hydrogen (secondary N) is 3. The van der Waals surface area contributed by atoms with Crippen molar-refractivity contribution < 1.29 is 19.3 Å². The molecule has 0 radical (unpaired) electrons. The predicted molar refractivity (Wildman–Crippen MR) is 103 cm³/mol. The molecule has 0 atom stereocenters. The van der Waals surface area contributed by atoms with Crippen LogP contribution in [0, 0.1) is 0 Å². The number of hydrogen-bond acceptors (Lipinski definition) is 2. The van der Waals surface area contributed by atoms with Gasteiger partial charge in [-0.1, -0.05) is 11.6 Å². The van der Waals surface area contributed by atoms with Crippen LogP contribution in [0.5, 0.6) is 5.75 Å². The molecule has 1 saturated heterocycles. The highest BCUT2D eigenvalue weighted by Gasteiger charge is 2.24. The minimum Gasteiger partial charge on any atom is -0.497 e. The zero-order valence-corrected chi connectivity index (χ0v) is 15.8. The Morgan fingerprint density at radius 2 is 1.62 bits per heavy atom. The molecular weight excluding hydrogens is 350 g/mol. The van der Waals surface area contributed by atoms with E-state index in [2.05, 4.69) is 17.4 Å². The average molecular weight is 376 g/mol. The maximum Gasteiger partial charge on any atom is 0.279 e. The Morgan fingerprint density at radius 1 is 1.00 bits per heavy atom. The number of anilines is 1. The van der Waals surface area contributed by atoms with Crippen LogP contribution in [0.2, 0.25) is 5.02 Å². The van der Waals surface area contributed by atoms with Gasteiger partial charge in [0.15, 0.2) is 6.54 Å². The fourth-order valence-electron chi connectivity index (χ4n) is 3.31. The molecule has 1 aliphatic rings. The highest BCUT2D eigenvalue weighted by Crippen LogP contribution is 2.13. The van der Waals surface area contributed by atoms with Gasteiger partial charge in [0.1, 0.15) is 38.5 Å². The molecule has 0 unspecified atom stereocenters. The topological polar surface area (TPSA) is 47.2 Å². The van der Waals surface area contributed by atoms with Gasteiger partial charge in [0, 0.05) is 16.3 Å². The lowest BCUT2D eigenvalue weighted by Gasteiger charge is -2.29. The Labute approximate surface area is 159 Å². The summed E-state index contributed by atoms with van der Waals surface area (Å²) in [6, 6.07) is 15.5. The van der Waals surface area contributed by atoms with Crippen LogP contribution in [0.4, 0.5) is 5.69 Å². The SMILES string of the molecule is COc1ccc(C[NH+]2CC[NH+](CC(=O)Nc3ccc(Cl)cc3)CC2)cc1. The molecule has 1 amide bonds. The number of carbonyl (C=O) groups excluding carboxylic acids is 1. The normalized spacial score (nSPS) is 19.8. The van der Waals surface area contributed by atoms with Crippen LogP contribution in [-0.4, -0.2) is 45.7 Å². The number of hydrogen-bond donors (Lipinski definition) is 3. The van der Waals surface area contributed by atoms with Crippen molar-refractivity contribution in [1.29, 1.82) is 0 Å². The number of rotatable bonds is 6. The van der Waals surface area contributed by atoms with Gasteiger partial charge in [-0.2, -0.15) is 0 Å². The molecular formula is C20H26ClN3O2+2. The summed E-state index contributed by atoms with van der Waals surface area (Å²) in [5.41, 5.74) is 2.12. The lowest BCUT2D eigenvalue weighted by Crippen LogP contribution is -3.28. The summed E-state index contributed by atoms with van der Waals surface area (Å²) in [6.07, 6.45) is 0. The summed E-state index contributed by atoms with van der Waals surface area (Å²) in [7, 11) is 1.69. The van der Waals surface area contributed by atoms with Crippen molar-refractivity contribution in [2.75, 3.05) is 45.2 Å². The average Bonchev–Trinajstić information content (AvgIpc) is 2.66. The van der Waals surface area contributed by atoms with Crippen LogP contribution in [0.3, 0.4) is 0 Å². The Kier molecular flexibility index (Phi) is 6.50. The van der Waals surface area contributed by atoms with Gasteiger partial charge < -0.3 is 19.9 Å². The zero-order chi connectivity index (χ0) is 18.4. The van der Waals surface area contributed by atoms with Crippen molar-refractivity contribution in [3.8, 4) is 5.75 Å². The molecule has 138 valence electrons. The third-order valence-corrected chi connectivity index (χ3v) is 5.07. The van der Waals surface area contributed by atoms with Crippen molar-refractivity contribution in [3.05, 3.63) is 59.1 Å². The number of methoxy groups -OCH3 is 1. The molecule has 0 aliphatic carbocycles. The third kappa shape index (κ3) is 5.46. The van der Waals surface area contributed by atoms with Gasteiger partial charge in [0.05, 0.1) is 7.11 Å². The second kappa shape index (κ2) is 9.03. The van der Waals surface area contributed by atoms with E-state index < -0.39 is 0 Å². The summed E-state index contributed by atoms with van der Waals surface area (Å²) < 4.78 is 5.20. The Bertz CT molecular complexity index is 711. The van der Waals surface area contributed by atoms with Crippen LogP contribution >= 0.6 is 11.6 Å². The highest BCUT2D eigenvalue weighted by molar-refractivity contribution is 6.30. The maximum atomic E-state index is 12.2. The lowest BCUT2D eigenvalue weighted by molar-refractivity contribution is -1.02. The van der Waals surface area contributed by atoms with E-state index in [4.69, 9.17) is 16.3 Å². The summed E-state index contributed by atoms with van der Waals surface area (Å²) in [5.74, 6) is 0.950. The standard InChI is InChI=1S/C20H24ClN3O2/c1-26-19-8-2-16(3-9-19)14-23-10-12-24(13-11-23)15-20(25)22-18-6-4-17(21)5-7-18/h2-9H,10-15H2,1H3,(H,22,25)/p+2. The molecule has 0 bridgehead atoms. The largest absolute Gasteiger partial charge is 0.497 e. The quantitative estimate of drug-likeness (QED) is 0.679. The first-order valence-corrected chi connectivity index (χ1v) is 9.35. The predicted octanol–water partition coefficient (Wildman–Crippen LogP) is 0.271. The van der Waals surface area contributed by atoms with Gasteiger partial charge in [-0.25, -0.2) is 0 Å². The lowest BCUT2D eigenvalue weighted by atomic mass is 10.2. The molecule has 6 heteroatoms. The Morgan fingerprint density at radius 3 is 2.23 bits per heavy atom. The number of quaternary nitrogens is 2. The molecule has 5 nitrogen and oxygen atoms in total. The number of piperazine rings is 1. The van der Waals surface area contributed by atoms with E-state index in [1.54, 1.807) is 24.1 Å². The molecule has 1 heterocycles. The molecule has 2 aromatic rings. The van der Waals surface area contributed by atoms with Crippen molar-refractivity contribution in [1.82, 2.24) is 0 Å². The van der Waals surface area contributed by atoms with Crippen molar-refractivity contribution >= 4 is 23.2 Å². The molecule has 0 spiro atoms. The molecule has 2 aromatic carbocycles. The van der Waals surface area contributed by atoms with E-state index in [1.807, 2.05) is 24.3 Å². The monoisotopic (exact) mass is 375 g/mol. The minimum absolute atomic E-state index is 0.0564. The Balaban J connectivity index is 1.41. The van der Waals surface area contributed by atoms with E-state index >= 15 is 0 Å². The molecule has 0 aromatic heterocycles. The number of benzene rings is 2. The molecule has 1 aliphatic heterocycles. The smallest absolute Gasteiger partial charge is 0.279 e. The van der Waals surface area contributed by atoms with Gasteiger partial charge in [0.25, 0.3) is 5.91 Å². The van der Waals surface area contributed by atoms with Crippen LogP contribution in [-0.2, 0) is 11.3 Å². The van der Waals surface area contributed by atoms with Gasteiger partial charge >= 0.3 is 0 Å². The fourth-order valence-corrected chi connectivity index (χ4v) is 3.43. The van der Waals surface area contributed by atoms with E-state index in [-0.39, 0.29) is 5.91 Å². The second-order valence-corrected chi connectivity index (χ2v) is 7.19. The van der Waals surface area contributed by atoms with E-state index in [0.29, 0.717) is 11.6 Å².